The number of nitrogens with zero attached hydrogens (tertiary/aromatic N) is 2. The fourth-order valence-corrected chi connectivity index (χ4v) is 2.69. The van der Waals surface area contributed by atoms with Gasteiger partial charge in [0, 0.05) is 22.5 Å². The summed E-state index contributed by atoms with van der Waals surface area (Å²) in [5, 5.41) is 7.26. The van der Waals surface area contributed by atoms with Crippen molar-refractivity contribution in [3.05, 3.63) is 86.8 Å². The molecule has 0 saturated carbocycles. The smallest absolute Gasteiger partial charge is 0.363 e. The molecule has 148 valence electrons. The topological polar surface area (TPSA) is 90.3 Å². The molecule has 0 unspecified atom stereocenters. The molecule has 0 aliphatic rings. The van der Waals surface area contributed by atoms with Gasteiger partial charge >= 0.3 is 5.97 Å². The number of amides is 1. The second kappa shape index (κ2) is 8.70. The number of aryl methyl sites for hydroxylation is 2. The van der Waals surface area contributed by atoms with Crippen LogP contribution in [0.1, 0.15) is 21.7 Å². The SMILES string of the molecule is Cc1ccc(NC(=O)COC(=O)c2nn(-c3ccc(Cl)cc3)c(C)cc2=O)cc1. The van der Waals surface area contributed by atoms with Crippen LogP contribution in [0.15, 0.2) is 59.4 Å². The number of carbonyl (C=O) groups is 2. The van der Waals surface area contributed by atoms with Crippen molar-refractivity contribution in [2.75, 3.05) is 11.9 Å². The van der Waals surface area contributed by atoms with Crippen LogP contribution >= 0.6 is 11.6 Å². The van der Waals surface area contributed by atoms with Crippen LogP contribution < -0.4 is 10.7 Å². The first kappa shape index (κ1) is 20.3. The lowest BCUT2D eigenvalue weighted by Gasteiger charge is -2.11. The number of halogens is 1. The summed E-state index contributed by atoms with van der Waals surface area (Å²) in [5.74, 6) is -1.50. The molecule has 0 atom stereocenters. The van der Waals surface area contributed by atoms with Gasteiger partial charge in [0.05, 0.1) is 5.69 Å². The quantitative estimate of drug-likeness (QED) is 0.650. The number of ether oxygens (including phenoxy) is 1. The van der Waals surface area contributed by atoms with Crippen LogP contribution in [-0.2, 0) is 9.53 Å². The van der Waals surface area contributed by atoms with Gasteiger partial charge in [0.2, 0.25) is 11.1 Å². The summed E-state index contributed by atoms with van der Waals surface area (Å²) < 4.78 is 6.40. The summed E-state index contributed by atoms with van der Waals surface area (Å²) in [6.07, 6.45) is 0. The standard InChI is InChI=1S/C21H18ClN3O4/c1-13-3-7-16(8-4-13)23-19(27)12-29-21(28)20-18(26)11-14(2)25(24-20)17-9-5-15(22)6-10-17/h3-11H,12H2,1-2H3,(H,23,27). The first-order chi connectivity index (χ1) is 13.8. The van der Waals surface area contributed by atoms with Crippen molar-refractivity contribution in [1.29, 1.82) is 0 Å². The van der Waals surface area contributed by atoms with E-state index < -0.39 is 29.6 Å². The van der Waals surface area contributed by atoms with Crippen LogP contribution in [0.4, 0.5) is 5.69 Å². The third kappa shape index (κ3) is 5.08. The van der Waals surface area contributed by atoms with Gasteiger partial charge in [-0.15, -0.1) is 0 Å². The van der Waals surface area contributed by atoms with Gasteiger partial charge in [-0.25, -0.2) is 9.48 Å². The van der Waals surface area contributed by atoms with Crippen molar-refractivity contribution < 1.29 is 14.3 Å². The monoisotopic (exact) mass is 411 g/mol. The van der Waals surface area contributed by atoms with Gasteiger partial charge in [-0.1, -0.05) is 29.3 Å². The zero-order valence-electron chi connectivity index (χ0n) is 15.8. The first-order valence-electron chi connectivity index (χ1n) is 8.74. The highest BCUT2D eigenvalue weighted by Crippen LogP contribution is 2.14. The molecule has 3 aromatic rings. The van der Waals surface area contributed by atoms with Gasteiger partial charge in [0.1, 0.15) is 0 Å². The lowest BCUT2D eigenvalue weighted by Crippen LogP contribution is -2.27. The average molecular weight is 412 g/mol. The lowest BCUT2D eigenvalue weighted by molar-refractivity contribution is -0.119. The van der Waals surface area contributed by atoms with Crippen molar-refractivity contribution in [1.82, 2.24) is 9.78 Å². The molecule has 0 radical (unpaired) electrons. The minimum absolute atomic E-state index is 0.409. The van der Waals surface area contributed by atoms with E-state index in [1.807, 2.05) is 19.1 Å². The minimum atomic E-state index is -0.975. The maximum atomic E-state index is 12.3. The third-order valence-electron chi connectivity index (χ3n) is 4.04. The molecule has 2 aromatic carbocycles. The van der Waals surface area contributed by atoms with Gasteiger partial charge in [-0.3, -0.25) is 9.59 Å². The van der Waals surface area contributed by atoms with Crippen LogP contribution in [-0.4, -0.2) is 28.3 Å². The van der Waals surface area contributed by atoms with Gasteiger partial charge in [-0.05, 0) is 50.2 Å². The Balaban J connectivity index is 1.72. The minimum Gasteiger partial charge on any atom is -0.451 e. The molecular weight excluding hydrogens is 394 g/mol. The highest BCUT2D eigenvalue weighted by molar-refractivity contribution is 6.30. The molecule has 8 heteroatoms. The van der Waals surface area contributed by atoms with Gasteiger partial charge in [0.25, 0.3) is 5.91 Å². The summed E-state index contributed by atoms with van der Waals surface area (Å²) in [5.41, 5.74) is 1.79. The molecule has 0 aliphatic carbocycles. The number of esters is 1. The van der Waals surface area contributed by atoms with Crippen molar-refractivity contribution in [2.45, 2.75) is 13.8 Å². The third-order valence-corrected chi connectivity index (χ3v) is 4.29. The maximum Gasteiger partial charge on any atom is 0.363 e. The van der Waals surface area contributed by atoms with Gasteiger partial charge in [0.15, 0.2) is 6.61 Å². The number of benzene rings is 2. The van der Waals surface area contributed by atoms with Crippen molar-refractivity contribution in [3.8, 4) is 5.69 Å². The molecule has 0 fully saturated rings. The summed E-state index contributed by atoms with van der Waals surface area (Å²) >= 11 is 5.89. The van der Waals surface area contributed by atoms with Crippen LogP contribution in [0.2, 0.25) is 5.02 Å². The number of nitrogens with one attached hydrogen (secondary N) is 1. The van der Waals surface area contributed by atoms with E-state index in [-0.39, 0.29) is 0 Å². The van der Waals surface area contributed by atoms with Gasteiger partial charge in [-0.2, -0.15) is 5.10 Å². The fourth-order valence-electron chi connectivity index (χ4n) is 2.57. The van der Waals surface area contributed by atoms with Crippen molar-refractivity contribution >= 4 is 29.2 Å². The van der Waals surface area contributed by atoms with E-state index >= 15 is 0 Å². The molecule has 1 amide bonds. The number of hydrogen-bond acceptors (Lipinski definition) is 5. The highest BCUT2D eigenvalue weighted by atomic mass is 35.5. The predicted molar refractivity (Wildman–Crippen MR) is 110 cm³/mol. The van der Waals surface area contributed by atoms with Crippen LogP contribution in [0.5, 0.6) is 0 Å². The summed E-state index contributed by atoms with van der Waals surface area (Å²) in [7, 11) is 0. The Kier molecular flexibility index (Phi) is 6.09. The lowest BCUT2D eigenvalue weighted by atomic mass is 10.2. The fraction of sp³-hybridized carbons (Fsp3) is 0.143. The molecule has 1 heterocycles. The van der Waals surface area contributed by atoms with Crippen LogP contribution in [0.25, 0.3) is 5.69 Å². The van der Waals surface area contributed by atoms with Crippen LogP contribution in [0.3, 0.4) is 0 Å². The summed E-state index contributed by atoms with van der Waals surface area (Å²) in [4.78, 5) is 36.5. The Bertz CT molecular complexity index is 1110. The molecular formula is C21H18ClN3O4. The molecule has 1 N–H and O–H groups in total. The molecule has 1 aromatic heterocycles. The first-order valence-corrected chi connectivity index (χ1v) is 9.12. The Morgan fingerprint density at radius 3 is 2.38 bits per heavy atom. The Hall–Kier alpha value is -3.45. The number of carbonyl (C=O) groups excluding carboxylic acids is 2. The van der Waals surface area contributed by atoms with Crippen molar-refractivity contribution in [2.24, 2.45) is 0 Å². The second-order valence-corrected chi connectivity index (χ2v) is 6.81. The van der Waals surface area contributed by atoms with E-state index in [1.54, 1.807) is 43.3 Å². The number of hydrogen-bond donors (Lipinski definition) is 1. The van der Waals surface area contributed by atoms with E-state index in [0.29, 0.717) is 22.1 Å². The molecule has 0 saturated heterocycles. The van der Waals surface area contributed by atoms with Gasteiger partial charge < -0.3 is 10.1 Å². The van der Waals surface area contributed by atoms with E-state index in [1.165, 1.54) is 10.7 Å². The zero-order valence-corrected chi connectivity index (χ0v) is 16.6. The highest BCUT2D eigenvalue weighted by Gasteiger charge is 2.18. The van der Waals surface area contributed by atoms with E-state index in [9.17, 15) is 14.4 Å². The zero-order chi connectivity index (χ0) is 21.0. The Morgan fingerprint density at radius 2 is 1.72 bits per heavy atom. The largest absolute Gasteiger partial charge is 0.451 e. The van der Waals surface area contributed by atoms with E-state index in [2.05, 4.69) is 10.4 Å². The van der Waals surface area contributed by atoms with E-state index in [0.717, 1.165) is 5.56 Å². The van der Waals surface area contributed by atoms with E-state index in [4.69, 9.17) is 16.3 Å². The number of anilines is 1. The molecule has 29 heavy (non-hydrogen) atoms. The molecule has 0 spiro atoms. The molecule has 3 rings (SSSR count). The number of rotatable bonds is 5. The summed E-state index contributed by atoms with van der Waals surface area (Å²) in [6, 6.07) is 15.2. The molecule has 7 nitrogen and oxygen atoms in total. The van der Waals surface area contributed by atoms with Crippen LogP contribution in [0, 0.1) is 13.8 Å². The molecule has 0 aliphatic heterocycles. The predicted octanol–water partition coefficient (Wildman–Crippen LogP) is 3.30. The molecule has 0 bridgehead atoms. The second-order valence-electron chi connectivity index (χ2n) is 6.38. The van der Waals surface area contributed by atoms with Crippen molar-refractivity contribution in [3.63, 3.8) is 0 Å². The Morgan fingerprint density at radius 1 is 1.07 bits per heavy atom. The number of aromatic nitrogens is 2. The Labute approximate surface area is 171 Å². The normalized spacial score (nSPS) is 10.4. The summed E-state index contributed by atoms with van der Waals surface area (Å²) in [6.45, 7) is 3.08. The average Bonchev–Trinajstić information content (AvgIpc) is 2.69. The maximum absolute atomic E-state index is 12.3.